The number of aliphatic carboxylic acids is 1. The van der Waals surface area contributed by atoms with Crippen LogP contribution in [0.4, 0.5) is 5.69 Å². The molecule has 6 fully saturated rings. The molecule has 0 saturated heterocycles. The molecule has 8 aliphatic rings. The van der Waals surface area contributed by atoms with Crippen molar-refractivity contribution in [3.63, 3.8) is 0 Å². The van der Waals surface area contributed by atoms with E-state index in [1.54, 1.807) is 5.57 Å². The van der Waals surface area contributed by atoms with Crippen LogP contribution in [0, 0.1) is 75.4 Å². The van der Waals surface area contributed by atoms with Gasteiger partial charge in [0.05, 0.1) is 24.9 Å². The molecule has 9 rings (SSSR count). The quantitative estimate of drug-likeness (QED) is 0.140. The first-order chi connectivity index (χ1) is 30.6. The van der Waals surface area contributed by atoms with Crippen LogP contribution in [0.3, 0.4) is 0 Å². The Morgan fingerprint density at radius 1 is 0.969 bits per heavy atom. The van der Waals surface area contributed by atoms with E-state index >= 15 is 0 Å². The minimum atomic E-state index is -0.985. The van der Waals surface area contributed by atoms with Gasteiger partial charge < -0.3 is 29.7 Å². The number of carboxylic acids is 1. The van der Waals surface area contributed by atoms with Crippen LogP contribution in [0.5, 0.6) is 0 Å². The molecule has 6 saturated carbocycles. The lowest BCUT2D eigenvalue weighted by Gasteiger charge is -2.64. The highest BCUT2D eigenvalue weighted by Crippen LogP contribution is 2.70. The molecule has 9 heteroatoms. The second kappa shape index (κ2) is 17.8. The van der Waals surface area contributed by atoms with Crippen LogP contribution >= 0.6 is 11.6 Å². The summed E-state index contributed by atoms with van der Waals surface area (Å²) in [5.41, 5.74) is 5.25. The fourth-order valence-electron chi connectivity index (χ4n) is 16.9. The van der Waals surface area contributed by atoms with Crippen molar-refractivity contribution in [1.82, 2.24) is 0 Å². The van der Waals surface area contributed by atoms with Gasteiger partial charge in [0.25, 0.3) is 0 Å². The van der Waals surface area contributed by atoms with Gasteiger partial charge in [-0.1, -0.05) is 62.9 Å². The van der Waals surface area contributed by atoms with Gasteiger partial charge in [-0.25, -0.2) is 0 Å². The summed E-state index contributed by atoms with van der Waals surface area (Å²) >= 11 is 6.38. The fourth-order valence-corrected chi connectivity index (χ4v) is 17.0. The van der Waals surface area contributed by atoms with E-state index in [-0.39, 0.29) is 58.6 Å². The lowest BCUT2D eigenvalue weighted by atomic mass is 9.43. The Hall–Kier alpha value is -2.67. The van der Waals surface area contributed by atoms with Crippen molar-refractivity contribution in [2.45, 2.75) is 167 Å². The second-order valence-electron chi connectivity index (χ2n) is 22.8. The van der Waals surface area contributed by atoms with Gasteiger partial charge in [-0.15, -0.1) is 5.92 Å². The standard InChI is InChI=1S/C55H76ClNO7/c1-7-22-55(62)24-21-44-41-15-11-35-27-38(58)14-16-40(35)50(41)42(31-53(44,55)4)34-9-12-37(13-10-34)57(6)25-26-63-39-20-23-52(3)36(28-39)29-47(64-32-56)51-45-18-17-43(33(2)8-19-49(60)61)54(45,5)48(59)30-46(51)52/h9-10,12-13,27,33,36,39,41-48,51,59,62H,8,11,14-21,23-26,28-32H2,1-6H3,(H,60,61)/t33-,36+,39+,41?,42+,43-,44?,45+,46+,47-,48+,51+,52+,53+,54-,55-/m1/s1. The van der Waals surface area contributed by atoms with Gasteiger partial charge in [-0.05, 0) is 190 Å². The van der Waals surface area contributed by atoms with Gasteiger partial charge in [-0.2, -0.15) is 0 Å². The molecule has 3 N–H and O–H groups in total. The number of hydrogen-bond donors (Lipinski definition) is 3. The number of nitrogens with zero attached hydrogens (tertiary/aromatic N) is 1. The van der Waals surface area contributed by atoms with Gasteiger partial charge in [0.2, 0.25) is 0 Å². The summed E-state index contributed by atoms with van der Waals surface area (Å²) in [5, 5.41) is 33.7. The maximum absolute atomic E-state index is 12.5. The normalized spacial score (nSPS) is 42.7. The van der Waals surface area contributed by atoms with E-state index in [0.717, 1.165) is 95.7 Å². The van der Waals surface area contributed by atoms with Gasteiger partial charge in [-0.3, -0.25) is 9.59 Å². The highest BCUT2D eigenvalue weighted by molar-refractivity contribution is 6.17. The van der Waals surface area contributed by atoms with Crippen molar-refractivity contribution in [2.75, 3.05) is 31.2 Å². The average Bonchev–Trinajstić information content (AvgIpc) is 3.76. The molecular weight excluding hydrogens is 822 g/mol. The molecule has 0 aromatic heterocycles. The highest BCUT2D eigenvalue weighted by Gasteiger charge is 2.67. The van der Waals surface area contributed by atoms with E-state index < -0.39 is 17.7 Å². The molecule has 16 atom stereocenters. The first kappa shape index (κ1) is 46.4. The third-order valence-electron chi connectivity index (χ3n) is 20.3. The summed E-state index contributed by atoms with van der Waals surface area (Å²) in [6.45, 7) is 12.6. The molecule has 0 bridgehead atoms. The van der Waals surface area contributed by atoms with E-state index in [9.17, 15) is 24.9 Å². The summed E-state index contributed by atoms with van der Waals surface area (Å²) in [7, 11) is 2.15. The summed E-state index contributed by atoms with van der Waals surface area (Å²) in [4.78, 5) is 26.3. The average molecular weight is 899 g/mol. The van der Waals surface area contributed by atoms with Crippen molar-refractivity contribution < 1.29 is 34.4 Å². The summed E-state index contributed by atoms with van der Waals surface area (Å²) in [6.07, 6.45) is 15.5. The number of anilines is 1. The summed E-state index contributed by atoms with van der Waals surface area (Å²) in [5.74, 6) is 8.89. The Bertz CT molecular complexity index is 2070. The van der Waals surface area contributed by atoms with E-state index in [2.05, 4.69) is 75.7 Å². The molecule has 0 radical (unpaired) electrons. The van der Waals surface area contributed by atoms with Crippen molar-refractivity contribution in [1.29, 1.82) is 0 Å². The number of rotatable bonds is 12. The monoisotopic (exact) mass is 898 g/mol. The van der Waals surface area contributed by atoms with Crippen LogP contribution in [-0.4, -0.2) is 77.3 Å². The Morgan fingerprint density at radius 3 is 2.48 bits per heavy atom. The molecule has 350 valence electrons. The van der Waals surface area contributed by atoms with Crippen molar-refractivity contribution in [2.24, 2.45) is 63.6 Å². The largest absolute Gasteiger partial charge is 0.481 e. The number of benzene rings is 1. The molecule has 1 aromatic carbocycles. The van der Waals surface area contributed by atoms with Crippen molar-refractivity contribution in [3.8, 4) is 11.8 Å². The van der Waals surface area contributed by atoms with Crippen LogP contribution in [-0.2, 0) is 19.1 Å². The van der Waals surface area contributed by atoms with Gasteiger partial charge in [0, 0.05) is 43.5 Å². The Balaban J connectivity index is 0.856. The number of halogens is 1. The maximum atomic E-state index is 12.5. The number of alkyl halides is 1. The second-order valence-corrected chi connectivity index (χ2v) is 23.0. The minimum Gasteiger partial charge on any atom is -0.481 e. The number of aliphatic hydroxyl groups excluding tert-OH is 1. The number of fused-ring (bicyclic) bond motifs is 9. The number of carboxylic acid groups (broad SMARTS) is 1. The van der Waals surface area contributed by atoms with Crippen LogP contribution in [0.25, 0.3) is 0 Å². The third-order valence-corrected chi connectivity index (χ3v) is 20.4. The number of ether oxygens (including phenoxy) is 2. The minimum absolute atomic E-state index is 0.0527. The molecule has 64 heavy (non-hydrogen) atoms. The smallest absolute Gasteiger partial charge is 0.303 e. The molecular formula is C55H76ClNO7. The van der Waals surface area contributed by atoms with Gasteiger partial charge in [0.15, 0.2) is 5.78 Å². The van der Waals surface area contributed by atoms with E-state index in [0.29, 0.717) is 60.9 Å². The lowest BCUT2D eigenvalue weighted by Crippen LogP contribution is -2.62. The van der Waals surface area contributed by atoms with Crippen LogP contribution in [0.15, 0.2) is 47.1 Å². The lowest BCUT2D eigenvalue weighted by molar-refractivity contribution is -0.215. The number of allylic oxidation sites excluding steroid dienone is 4. The topological polar surface area (TPSA) is 117 Å². The Morgan fingerprint density at radius 2 is 1.75 bits per heavy atom. The molecule has 1 aromatic rings. The summed E-state index contributed by atoms with van der Waals surface area (Å²) in [6, 6.07) is 9.31. The predicted octanol–water partition coefficient (Wildman–Crippen LogP) is 10.5. The summed E-state index contributed by atoms with van der Waals surface area (Å²) < 4.78 is 13.2. The van der Waals surface area contributed by atoms with Crippen molar-refractivity contribution in [3.05, 3.63) is 52.6 Å². The van der Waals surface area contributed by atoms with Crippen LogP contribution in [0.2, 0.25) is 0 Å². The fraction of sp³-hybridized carbons (Fsp3) is 0.745. The Labute approximate surface area is 388 Å². The Kier molecular flexibility index (Phi) is 12.9. The van der Waals surface area contributed by atoms with Gasteiger partial charge in [0.1, 0.15) is 11.7 Å². The van der Waals surface area contributed by atoms with Gasteiger partial charge >= 0.3 is 5.97 Å². The molecule has 8 nitrogen and oxygen atoms in total. The molecule has 8 aliphatic carbocycles. The third kappa shape index (κ3) is 7.66. The number of hydrogen-bond acceptors (Lipinski definition) is 7. The molecule has 0 amide bonds. The van der Waals surface area contributed by atoms with Crippen LogP contribution < -0.4 is 4.90 Å². The highest BCUT2D eigenvalue weighted by atomic mass is 35.5. The first-order valence-electron chi connectivity index (χ1n) is 25.2. The predicted molar refractivity (Wildman–Crippen MR) is 252 cm³/mol. The SMILES string of the molecule is CC#C[C@@]1(O)CCC2C3CCC4=CC(=O)CCC4=C3[C@H](c3ccc(N(C)CCO[C@H]4CC[C@@]5(C)[C@@H](C4)C[C@@H](OCCl)[C@@H]4[C@@H]5C[C@H](O)[C@]5(C)[C@@H]([C@H](C)CCC(=O)O)CC[C@@H]45)cc3)C[C@@]21C. The number of likely N-dealkylation sites (N-methyl/N-ethyl adjacent to an activating group) is 1. The van der Waals surface area contributed by atoms with Crippen LogP contribution in [0.1, 0.15) is 149 Å². The molecule has 0 heterocycles. The number of carbonyl (C=O) groups is 2. The number of carbonyl (C=O) groups excluding carboxylic acids is 1. The number of aliphatic hydroxyl groups is 2. The number of ketones is 1. The zero-order chi connectivity index (χ0) is 45.3. The molecule has 0 aliphatic heterocycles. The maximum Gasteiger partial charge on any atom is 0.303 e. The van der Waals surface area contributed by atoms with Crippen molar-refractivity contribution >= 4 is 29.0 Å². The zero-order valence-corrected chi connectivity index (χ0v) is 40.3. The van der Waals surface area contributed by atoms with E-state index in [1.165, 1.54) is 16.7 Å². The van der Waals surface area contributed by atoms with E-state index in [4.69, 9.17) is 21.1 Å². The molecule has 0 spiro atoms. The zero-order valence-electron chi connectivity index (χ0n) is 39.5. The first-order valence-corrected chi connectivity index (χ1v) is 25.7. The molecule has 2 unspecified atom stereocenters. The van der Waals surface area contributed by atoms with E-state index in [1.807, 2.05) is 13.0 Å².